The van der Waals surface area contributed by atoms with E-state index in [0.29, 0.717) is 6.54 Å². The van der Waals surface area contributed by atoms with Gasteiger partial charge in [-0.15, -0.1) is 0 Å². The molecule has 2 aliphatic heterocycles. The van der Waals surface area contributed by atoms with Crippen molar-refractivity contribution in [3.05, 3.63) is 0 Å². The van der Waals surface area contributed by atoms with Crippen molar-refractivity contribution in [2.75, 3.05) is 72.0 Å². The molecule has 0 spiro atoms. The molecule has 0 aliphatic carbocycles. The number of hydrogen-bond donors (Lipinski definition) is 3. The first-order valence-electron chi connectivity index (χ1n) is 8.93. The third kappa shape index (κ3) is 7.96. The van der Waals surface area contributed by atoms with E-state index in [9.17, 15) is 0 Å². The van der Waals surface area contributed by atoms with Crippen molar-refractivity contribution in [2.24, 2.45) is 0 Å². The van der Waals surface area contributed by atoms with Crippen LogP contribution in [0.3, 0.4) is 0 Å². The Kier molecular flexibility index (Phi) is 9.48. The number of hydrogen-bond acceptors (Lipinski definition) is 6. The molecule has 2 aliphatic rings. The van der Waals surface area contributed by atoms with Crippen LogP contribution in [0.2, 0.25) is 0 Å². The van der Waals surface area contributed by atoms with Gasteiger partial charge < -0.3 is 20.9 Å². The van der Waals surface area contributed by atoms with Gasteiger partial charge in [0.15, 0.2) is 0 Å². The number of thiocarbonyl (C=S) groups is 2. The summed E-state index contributed by atoms with van der Waals surface area (Å²) in [6, 6.07) is 0. The Labute approximate surface area is 151 Å². The second kappa shape index (κ2) is 11.4. The van der Waals surface area contributed by atoms with E-state index in [2.05, 4.69) is 25.8 Å². The molecule has 132 valence electrons. The van der Waals surface area contributed by atoms with Gasteiger partial charge in [0.2, 0.25) is 0 Å². The second-order valence-electron chi connectivity index (χ2n) is 6.35. The van der Waals surface area contributed by atoms with Gasteiger partial charge in [-0.3, -0.25) is 4.90 Å². The van der Waals surface area contributed by atoms with Crippen LogP contribution < -0.4 is 16.0 Å². The fourth-order valence-corrected chi connectivity index (χ4v) is 3.41. The average molecular weight is 358 g/mol. The summed E-state index contributed by atoms with van der Waals surface area (Å²) in [5.41, 5.74) is 0. The lowest BCUT2D eigenvalue weighted by molar-refractivity contribution is 0.230. The van der Waals surface area contributed by atoms with Crippen molar-refractivity contribution >= 4 is 34.3 Å². The Balaban J connectivity index is 1.48. The first-order chi connectivity index (χ1) is 11.3. The molecule has 0 amide bonds. The quantitative estimate of drug-likeness (QED) is 0.404. The average Bonchev–Trinajstić information content (AvgIpc) is 2.60. The first-order valence-corrected chi connectivity index (χ1v) is 9.74. The van der Waals surface area contributed by atoms with E-state index in [-0.39, 0.29) is 0 Å². The van der Waals surface area contributed by atoms with E-state index < -0.39 is 0 Å². The largest absolute Gasteiger partial charge is 0.374 e. The standard InChI is InChI=1S/C16H31N5S2/c22-15(14-18-6-12-20-8-2-1-3-9-20)16(23)19-7-13-21-10-4-17-5-11-21/h17-18H,1-14H2,(H,19,23). The second-order valence-corrected chi connectivity index (χ2v) is 7.25. The van der Waals surface area contributed by atoms with E-state index in [0.717, 1.165) is 62.2 Å². The summed E-state index contributed by atoms with van der Waals surface area (Å²) < 4.78 is 0. The maximum absolute atomic E-state index is 5.41. The molecular formula is C16H31N5S2. The van der Waals surface area contributed by atoms with E-state index in [4.69, 9.17) is 24.4 Å². The Morgan fingerprint density at radius 1 is 0.870 bits per heavy atom. The number of likely N-dealkylation sites (tertiary alicyclic amines) is 1. The van der Waals surface area contributed by atoms with Gasteiger partial charge in [-0.05, 0) is 25.9 Å². The Morgan fingerprint density at radius 3 is 2.26 bits per heavy atom. The predicted molar refractivity (Wildman–Crippen MR) is 106 cm³/mol. The van der Waals surface area contributed by atoms with Crippen LogP contribution in [0.4, 0.5) is 0 Å². The molecule has 2 fully saturated rings. The fourth-order valence-electron chi connectivity index (χ4n) is 3.06. The van der Waals surface area contributed by atoms with Crippen LogP contribution in [-0.4, -0.2) is 91.6 Å². The topological polar surface area (TPSA) is 42.6 Å². The zero-order valence-corrected chi connectivity index (χ0v) is 15.7. The van der Waals surface area contributed by atoms with E-state index in [1.54, 1.807) is 0 Å². The molecule has 2 saturated heterocycles. The number of rotatable bonds is 9. The SMILES string of the molecule is S=C(CNCCN1CCCCC1)C(=S)NCCN1CCNCC1. The van der Waals surface area contributed by atoms with Gasteiger partial charge in [0.1, 0.15) is 4.99 Å². The Morgan fingerprint density at radius 2 is 1.52 bits per heavy atom. The Bertz CT molecular complexity index is 365. The molecule has 0 aromatic heterocycles. The number of piperidine rings is 1. The Hall–Kier alpha value is -0.180. The fraction of sp³-hybridized carbons (Fsp3) is 0.875. The van der Waals surface area contributed by atoms with Crippen LogP contribution >= 0.6 is 24.4 Å². The van der Waals surface area contributed by atoms with Crippen LogP contribution in [0.1, 0.15) is 19.3 Å². The van der Waals surface area contributed by atoms with Crippen LogP contribution in [0.15, 0.2) is 0 Å². The van der Waals surface area contributed by atoms with Crippen LogP contribution in [0.5, 0.6) is 0 Å². The smallest absolute Gasteiger partial charge is 0.114 e. The molecule has 0 aromatic rings. The van der Waals surface area contributed by atoms with Crippen LogP contribution in [0, 0.1) is 0 Å². The van der Waals surface area contributed by atoms with Gasteiger partial charge in [-0.1, -0.05) is 30.9 Å². The lowest BCUT2D eigenvalue weighted by atomic mass is 10.1. The zero-order chi connectivity index (χ0) is 16.3. The maximum atomic E-state index is 5.41. The van der Waals surface area contributed by atoms with E-state index in [1.807, 2.05) is 0 Å². The molecule has 3 N–H and O–H groups in total. The molecule has 0 unspecified atom stereocenters. The lowest BCUT2D eigenvalue weighted by Crippen LogP contribution is -2.47. The first kappa shape index (κ1) is 19.1. The van der Waals surface area contributed by atoms with E-state index >= 15 is 0 Å². The van der Waals surface area contributed by atoms with Crippen molar-refractivity contribution in [3.8, 4) is 0 Å². The molecule has 0 atom stereocenters. The summed E-state index contributed by atoms with van der Waals surface area (Å²) in [4.78, 5) is 6.55. The summed E-state index contributed by atoms with van der Waals surface area (Å²) in [5, 5.41) is 10.1. The number of piperazine rings is 1. The summed E-state index contributed by atoms with van der Waals surface area (Å²) in [5.74, 6) is 0. The van der Waals surface area contributed by atoms with E-state index in [1.165, 1.54) is 32.4 Å². The van der Waals surface area contributed by atoms with Crippen molar-refractivity contribution in [1.29, 1.82) is 0 Å². The molecule has 7 heteroatoms. The summed E-state index contributed by atoms with van der Waals surface area (Å²) in [6.07, 6.45) is 4.08. The van der Waals surface area contributed by atoms with Crippen molar-refractivity contribution < 1.29 is 0 Å². The highest BCUT2D eigenvalue weighted by molar-refractivity contribution is 7.89. The van der Waals surface area contributed by atoms with Crippen LogP contribution in [0.25, 0.3) is 0 Å². The van der Waals surface area contributed by atoms with Gasteiger partial charge in [-0.25, -0.2) is 0 Å². The summed E-state index contributed by atoms with van der Waals surface area (Å²) in [6.45, 7) is 11.6. The van der Waals surface area contributed by atoms with Gasteiger partial charge in [0.25, 0.3) is 0 Å². The van der Waals surface area contributed by atoms with Crippen molar-refractivity contribution in [1.82, 2.24) is 25.8 Å². The van der Waals surface area contributed by atoms with Crippen molar-refractivity contribution in [3.63, 3.8) is 0 Å². The van der Waals surface area contributed by atoms with Crippen molar-refractivity contribution in [2.45, 2.75) is 19.3 Å². The molecule has 5 nitrogen and oxygen atoms in total. The molecule has 23 heavy (non-hydrogen) atoms. The number of nitrogens with zero attached hydrogens (tertiary/aromatic N) is 2. The maximum Gasteiger partial charge on any atom is 0.114 e. The highest BCUT2D eigenvalue weighted by atomic mass is 32.1. The highest BCUT2D eigenvalue weighted by Gasteiger charge is 2.11. The number of nitrogens with one attached hydrogen (secondary N) is 3. The molecular weight excluding hydrogens is 326 g/mol. The van der Waals surface area contributed by atoms with Gasteiger partial charge in [0, 0.05) is 58.9 Å². The molecule has 2 heterocycles. The normalized spacial score (nSPS) is 20.3. The van der Waals surface area contributed by atoms with Gasteiger partial charge in [0.05, 0.1) is 4.86 Å². The highest BCUT2D eigenvalue weighted by Crippen LogP contribution is 2.07. The lowest BCUT2D eigenvalue weighted by Gasteiger charge is -2.27. The summed E-state index contributed by atoms with van der Waals surface area (Å²) >= 11 is 10.8. The molecule has 0 bridgehead atoms. The third-order valence-corrected chi connectivity index (χ3v) is 5.38. The minimum atomic E-state index is 0.711. The molecule has 0 saturated carbocycles. The minimum Gasteiger partial charge on any atom is -0.374 e. The summed E-state index contributed by atoms with van der Waals surface area (Å²) in [7, 11) is 0. The minimum absolute atomic E-state index is 0.711. The van der Waals surface area contributed by atoms with Gasteiger partial charge in [-0.2, -0.15) is 0 Å². The molecule has 0 aromatic carbocycles. The predicted octanol–water partition coefficient (Wildman–Crippen LogP) is 0.254. The molecule has 2 rings (SSSR count). The third-order valence-electron chi connectivity index (χ3n) is 4.52. The zero-order valence-electron chi connectivity index (χ0n) is 14.1. The monoisotopic (exact) mass is 357 g/mol. The van der Waals surface area contributed by atoms with Gasteiger partial charge >= 0.3 is 0 Å². The van der Waals surface area contributed by atoms with Crippen LogP contribution in [-0.2, 0) is 0 Å². The molecule has 0 radical (unpaired) electrons.